The lowest BCUT2D eigenvalue weighted by Gasteiger charge is -2.33. The largest absolute Gasteiger partial charge is 0.444 e. The van der Waals surface area contributed by atoms with Crippen molar-refractivity contribution in [1.29, 1.82) is 0 Å². The van der Waals surface area contributed by atoms with Crippen molar-refractivity contribution < 1.29 is 18.7 Å². The Labute approximate surface area is 220 Å². The molecule has 2 N–H and O–H groups in total. The molecule has 2 amide bonds. The molecule has 1 aliphatic rings. The average Bonchev–Trinajstić information content (AvgIpc) is 3.49. The van der Waals surface area contributed by atoms with Crippen LogP contribution >= 0.6 is 0 Å². The van der Waals surface area contributed by atoms with E-state index in [1.165, 1.54) is 12.1 Å². The van der Waals surface area contributed by atoms with Gasteiger partial charge in [-0.3, -0.25) is 13.9 Å². The number of halogens is 1. The number of primary amides is 1. The van der Waals surface area contributed by atoms with Crippen LogP contribution in [-0.4, -0.2) is 54.8 Å². The third-order valence-electron chi connectivity index (χ3n) is 6.78. The summed E-state index contributed by atoms with van der Waals surface area (Å²) < 4.78 is 23.7. The molecule has 1 aliphatic heterocycles. The second-order valence-corrected chi connectivity index (χ2v) is 10.7. The molecule has 0 aliphatic carbocycles. The molecule has 0 spiro atoms. The third kappa shape index (κ3) is 4.98. The van der Waals surface area contributed by atoms with E-state index in [4.69, 9.17) is 10.5 Å². The van der Waals surface area contributed by atoms with Crippen LogP contribution in [-0.2, 0) is 4.74 Å². The van der Waals surface area contributed by atoms with Gasteiger partial charge in [-0.25, -0.2) is 14.2 Å². The van der Waals surface area contributed by atoms with Crippen LogP contribution in [0.5, 0.6) is 0 Å². The quantitative estimate of drug-likeness (QED) is 0.410. The predicted octanol–water partition coefficient (Wildman–Crippen LogP) is 4.98. The van der Waals surface area contributed by atoms with E-state index < -0.39 is 17.3 Å². The van der Waals surface area contributed by atoms with Gasteiger partial charge in [-0.2, -0.15) is 5.10 Å². The number of likely N-dealkylation sites (tertiary alicyclic amines) is 1. The molecule has 0 saturated carbocycles. The number of aryl methyl sites for hydroxylation is 1. The minimum atomic E-state index is -0.804. The lowest BCUT2D eigenvalue weighted by molar-refractivity contribution is 0.0184. The fraction of sp³-hybridized carbons (Fsp3) is 0.357. The third-order valence-corrected chi connectivity index (χ3v) is 6.78. The number of benzene rings is 1. The number of hydrogen-bond donors (Lipinski definition) is 1. The van der Waals surface area contributed by atoms with E-state index in [2.05, 4.69) is 10.1 Å². The maximum absolute atomic E-state index is 14.4. The van der Waals surface area contributed by atoms with Gasteiger partial charge in [0.25, 0.3) is 5.91 Å². The van der Waals surface area contributed by atoms with E-state index in [0.29, 0.717) is 30.0 Å². The highest BCUT2D eigenvalue weighted by molar-refractivity contribution is 5.93. The number of carbonyl (C=O) groups excluding carboxylic acids is 2. The van der Waals surface area contributed by atoms with Gasteiger partial charge < -0.3 is 15.4 Å². The van der Waals surface area contributed by atoms with Crippen molar-refractivity contribution in [2.45, 2.75) is 52.2 Å². The predicted molar refractivity (Wildman–Crippen MR) is 141 cm³/mol. The summed E-state index contributed by atoms with van der Waals surface area (Å²) in [7, 11) is 0. The summed E-state index contributed by atoms with van der Waals surface area (Å²) in [4.78, 5) is 30.0. The maximum atomic E-state index is 14.4. The number of carbonyl (C=O) groups is 2. The second kappa shape index (κ2) is 9.59. The summed E-state index contributed by atoms with van der Waals surface area (Å²) in [6.45, 7) is 8.86. The van der Waals surface area contributed by atoms with Crippen molar-refractivity contribution in [2.24, 2.45) is 5.73 Å². The van der Waals surface area contributed by atoms with Gasteiger partial charge in [0, 0.05) is 36.6 Å². The van der Waals surface area contributed by atoms with Gasteiger partial charge in [0.05, 0.1) is 29.7 Å². The van der Waals surface area contributed by atoms with Crippen molar-refractivity contribution in [1.82, 2.24) is 24.1 Å². The van der Waals surface area contributed by atoms with Gasteiger partial charge in [-0.15, -0.1) is 0 Å². The summed E-state index contributed by atoms with van der Waals surface area (Å²) in [6.07, 6.45) is 8.85. The Kier molecular flexibility index (Phi) is 6.42. The molecular formula is C28H31FN6O3. The lowest BCUT2D eigenvalue weighted by atomic mass is 10.0. The number of rotatable bonds is 4. The lowest BCUT2D eigenvalue weighted by Crippen LogP contribution is -2.42. The highest BCUT2D eigenvalue weighted by atomic mass is 19.1. The number of imidazole rings is 1. The first kappa shape index (κ1) is 25.4. The van der Waals surface area contributed by atoms with Gasteiger partial charge >= 0.3 is 6.09 Å². The van der Waals surface area contributed by atoms with Crippen LogP contribution in [0.4, 0.5) is 9.18 Å². The summed E-state index contributed by atoms with van der Waals surface area (Å²) >= 11 is 0. The number of ether oxygens (including phenoxy) is 1. The Morgan fingerprint density at radius 3 is 2.47 bits per heavy atom. The molecule has 3 aromatic heterocycles. The molecule has 1 fully saturated rings. The van der Waals surface area contributed by atoms with Crippen molar-refractivity contribution in [2.75, 3.05) is 13.1 Å². The maximum Gasteiger partial charge on any atom is 0.410 e. The van der Waals surface area contributed by atoms with E-state index in [0.717, 1.165) is 29.5 Å². The van der Waals surface area contributed by atoms with Crippen LogP contribution in [0.25, 0.3) is 28.0 Å². The molecule has 4 heterocycles. The number of pyridine rings is 1. The zero-order chi connectivity index (χ0) is 27.2. The van der Waals surface area contributed by atoms with Crippen LogP contribution in [0.15, 0.2) is 49.1 Å². The summed E-state index contributed by atoms with van der Waals surface area (Å²) in [5, 5.41) is 4.63. The molecular weight excluding hydrogens is 487 g/mol. The minimum Gasteiger partial charge on any atom is -0.444 e. The summed E-state index contributed by atoms with van der Waals surface area (Å²) in [5.74, 6) is -1.47. The van der Waals surface area contributed by atoms with Crippen LogP contribution in [0, 0.1) is 12.7 Å². The Morgan fingerprint density at radius 1 is 1.08 bits per heavy atom. The Balaban J connectivity index is 1.34. The molecule has 0 radical (unpaired) electrons. The van der Waals surface area contributed by atoms with Crippen LogP contribution < -0.4 is 5.73 Å². The monoisotopic (exact) mass is 518 g/mol. The normalized spacial score (nSPS) is 14.7. The highest BCUT2D eigenvalue weighted by Crippen LogP contribution is 2.31. The van der Waals surface area contributed by atoms with E-state index in [-0.39, 0.29) is 17.7 Å². The Bertz CT molecular complexity index is 1530. The fourth-order valence-corrected chi connectivity index (χ4v) is 4.84. The first-order chi connectivity index (χ1) is 18.0. The second-order valence-electron chi connectivity index (χ2n) is 10.7. The standard InChI is InChI=1S/C28H31FN6O3/c1-17-15-34-24(18-5-6-21(26(30)36)23(29)11-18)14-31-25(34)12-22(17)19-13-32-35(16-19)20-7-9-33(10-8-20)27(37)38-28(2,3)4/h5-6,11-16,20H,7-10H2,1-4H3,(H2,30,36). The molecule has 5 rings (SSSR count). The number of nitrogens with two attached hydrogens (primary N) is 1. The zero-order valence-electron chi connectivity index (χ0n) is 21.9. The van der Waals surface area contributed by atoms with Gasteiger partial charge in [0.15, 0.2) is 0 Å². The van der Waals surface area contributed by atoms with Crippen LogP contribution in [0.2, 0.25) is 0 Å². The van der Waals surface area contributed by atoms with Crippen molar-refractivity contribution in [3.05, 3.63) is 66.0 Å². The van der Waals surface area contributed by atoms with E-state index in [1.54, 1.807) is 17.2 Å². The van der Waals surface area contributed by atoms with Gasteiger partial charge in [0.2, 0.25) is 0 Å². The molecule has 4 aromatic rings. The summed E-state index contributed by atoms with van der Waals surface area (Å²) in [6, 6.07) is 6.53. The first-order valence-corrected chi connectivity index (χ1v) is 12.6. The smallest absolute Gasteiger partial charge is 0.410 e. The number of nitrogens with zero attached hydrogens (tertiary/aromatic N) is 5. The number of amides is 2. The Hall–Kier alpha value is -4.21. The molecule has 1 aromatic carbocycles. The first-order valence-electron chi connectivity index (χ1n) is 12.6. The molecule has 38 heavy (non-hydrogen) atoms. The number of hydrogen-bond acceptors (Lipinski definition) is 5. The summed E-state index contributed by atoms with van der Waals surface area (Å²) in [5.41, 5.74) is 9.56. The number of piperidine rings is 1. The molecule has 0 atom stereocenters. The van der Waals surface area contributed by atoms with Gasteiger partial charge in [0.1, 0.15) is 17.1 Å². The molecule has 9 nitrogen and oxygen atoms in total. The topological polar surface area (TPSA) is 108 Å². The SMILES string of the molecule is Cc1cn2c(-c3ccc(C(N)=O)c(F)c3)cnc2cc1-c1cnn(C2CCN(C(=O)OC(C)(C)C)CC2)c1. The van der Waals surface area contributed by atoms with Crippen molar-refractivity contribution in [3.8, 4) is 22.4 Å². The van der Waals surface area contributed by atoms with Crippen molar-refractivity contribution >= 4 is 17.6 Å². The van der Waals surface area contributed by atoms with Gasteiger partial charge in [-0.05, 0) is 69.9 Å². The molecule has 0 bridgehead atoms. The van der Waals surface area contributed by atoms with Crippen LogP contribution in [0.3, 0.4) is 0 Å². The Morgan fingerprint density at radius 2 is 1.82 bits per heavy atom. The zero-order valence-corrected chi connectivity index (χ0v) is 21.9. The van der Waals surface area contributed by atoms with Crippen molar-refractivity contribution in [3.63, 3.8) is 0 Å². The number of fused-ring (bicyclic) bond motifs is 1. The highest BCUT2D eigenvalue weighted by Gasteiger charge is 2.28. The minimum absolute atomic E-state index is 0.145. The number of aromatic nitrogens is 4. The molecule has 198 valence electrons. The molecule has 10 heteroatoms. The van der Waals surface area contributed by atoms with E-state index in [1.807, 2.05) is 61.4 Å². The van der Waals surface area contributed by atoms with Gasteiger partial charge in [-0.1, -0.05) is 6.07 Å². The van der Waals surface area contributed by atoms with Crippen LogP contribution in [0.1, 0.15) is 55.6 Å². The average molecular weight is 519 g/mol. The molecule has 1 saturated heterocycles. The van der Waals surface area contributed by atoms with E-state index in [9.17, 15) is 14.0 Å². The molecule has 0 unspecified atom stereocenters. The van der Waals surface area contributed by atoms with E-state index >= 15 is 0 Å². The fourth-order valence-electron chi connectivity index (χ4n) is 4.84.